The van der Waals surface area contributed by atoms with Gasteiger partial charge in [-0.05, 0) is 24.1 Å². The highest BCUT2D eigenvalue weighted by atomic mass is 35.5. The number of nitrogens with one attached hydrogen (secondary N) is 2. The third-order valence-electron chi connectivity index (χ3n) is 3.11. The molecule has 2 N–H and O–H groups in total. The van der Waals surface area contributed by atoms with Gasteiger partial charge in [0.05, 0.1) is 22.1 Å². The van der Waals surface area contributed by atoms with E-state index < -0.39 is 28.5 Å². The maximum atomic E-state index is 12.2. The Bertz CT molecular complexity index is 736. The molecule has 0 saturated heterocycles. The van der Waals surface area contributed by atoms with Crippen LogP contribution in [-0.4, -0.2) is 53.7 Å². The van der Waals surface area contributed by atoms with Crippen LogP contribution in [0.3, 0.4) is 0 Å². The van der Waals surface area contributed by atoms with Gasteiger partial charge >= 0.3 is 5.97 Å². The van der Waals surface area contributed by atoms with Crippen LogP contribution >= 0.6 is 11.6 Å². The molecule has 1 aromatic carbocycles. The van der Waals surface area contributed by atoms with Crippen LogP contribution in [0.4, 0.5) is 0 Å². The molecule has 0 aromatic heterocycles. The monoisotopic (exact) mass is 406 g/mol. The van der Waals surface area contributed by atoms with Gasteiger partial charge in [0.2, 0.25) is 10.0 Å². The Morgan fingerprint density at radius 1 is 1.27 bits per heavy atom. The first-order chi connectivity index (χ1) is 12.2. The van der Waals surface area contributed by atoms with Crippen molar-refractivity contribution in [1.82, 2.24) is 10.0 Å². The molecule has 0 unspecified atom stereocenters. The molecule has 1 aromatic rings. The van der Waals surface area contributed by atoms with Crippen LogP contribution in [0.2, 0.25) is 5.02 Å². The third-order valence-corrected chi connectivity index (χ3v) is 4.90. The summed E-state index contributed by atoms with van der Waals surface area (Å²) in [6.45, 7) is 4.12. The van der Waals surface area contributed by atoms with Gasteiger partial charge in [0.15, 0.2) is 6.61 Å². The molecule has 146 valence electrons. The molecular formula is C16H23ClN2O6S. The molecule has 8 nitrogen and oxygen atoms in total. The molecule has 0 radical (unpaired) electrons. The SMILES string of the molecule is COCCNS(=O)(=O)c1ccc(Cl)c(C(=O)OCC(=O)NCC(C)C)c1. The first-order valence-electron chi connectivity index (χ1n) is 7.89. The second-order valence-corrected chi connectivity index (χ2v) is 7.98. The molecular weight excluding hydrogens is 384 g/mol. The Kier molecular flexibility index (Phi) is 9.00. The third kappa shape index (κ3) is 7.28. The van der Waals surface area contributed by atoms with Crippen molar-refractivity contribution < 1.29 is 27.5 Å². The van der Waals surface area contributed by atoms with Crippen LogP contribution in [0.25, 0.3) is 0 Å². The first kappa shape index (κ1) is 22.4. The normalized spacial score (nSPS) is 11.4. The quantitative estimate of drug-likeness (QED) is 0.446. The van der Waals surface area contributed by atoms with Crippen LogP contribution in [-0.2, 0) is 24.3 Å². The number of sulfonamides is 1. The zero-order valence-corrected chi connectivity index (χ0v) is 16.4. The lowest BCUT2D eigenvalue weighted by Gasteiger charge is -2.11. The topological polar surface area (TPSA) is 111 Å². The summed E-state index contributed by atoms with van der Waals surface area (Å²) in [6.07, 6.45) is 0. The van der Waals surface area contributed by atoms with Crippen LogP contribution in [0.5, 0.6) is 0 Å². The summed E-state index contributed by atoms with van der Waals surface area (Å²) < 4.78 is 36.4. The summed E-state index contributed by atoms with van der Waals surface area (Å²) in [7, 11) is -2.38. The van der Waals surface area contributed by atoms with Crippen molar-refractivity contribution in [2.75, 3.05) is 33.4 Å². The molecule has 1 amide bonds. The number of ether oxygens (including phenoxy) is 2. The molecule has 0 aliphatic heterocycles. The number of amides is 1. The fourth-order valence-electron chi connectivity index (χ4n) is 1.77. The molecule has 1 rings (SSSR count). The fourth-order valence-corrected chi connectivity index (χ4v) is 3.00. The maximum Gasteiger partial charge on any atom is 0.340 e. The average molecular weight is 407 g/mol. The van der Waals surface area contributed by atoms with E-state index in [2.05, 4.69) is 10.0 Å². The smallest absolute Gasteiger partial charge is 0.340 e. The van der Waals surface area contributed by atoms with Crippen molar-refractivity contribution >= 4 is 33.5 Å². The van der Waals surface area contributed by atoms with E-state index in [1.807, 2.05) is 13.8 Å². The second kappa shape index (κ2) is 10.5. The van der Waals surface area contributed by atoms with Gasteiger partial charge in [0.1, 0.15) is 0 Å². The van der Waals surface area contributed by atoms with Crippen molar-refractivity contribution in [3.8, 4) is 0 Å². The van der Waals surface area contributed by atoms with E-state index in [1.54, 1.807) is 0 Å². The van der Waals surface area contributed by atoms with Gasteiger partial charge in [-0.2, -0.15) is 0 Å². The highest BCUT2D eigenvalue weighted by Gasteiger charge is 2.20. The van der Waals surface area contributed by atoms with Crippen LogP contribution in [0.1, 0.15) is 24.2 Å². The number of carbonyl (C=O) groups is 2. The van der Waals surface area contributed by atoms with Gasteiger partial charge in [-0.3, -0.25) is 4.79 Å². The summed E-state index contributed by atoms with van der Waals surface area (Å²) >= 11 is 5.95. The standard InChI is InChI=1S/C16H23ClN2O6S/c1-11(2)9-18-15(20)10-25-16(21)13-8-12(4-5-14(13)17)26(22,23)19-6-7-24-3/h4-5,8,11,19H,6-7,9-10H2,1-3H3,(H,18,20). The van der Waals surface area contributed by atoms with Crippen molar-refractivity contribution in [2.45, 2.75) is 18.7 Å². The van der Waals surface area contributed by atoms with Gasteiger partial charge in [0.25, 0.3) is 5.91 Å². The minimum Gasteiger partial charge on any atom is -0.452 e. The van der Waals surface area contributed by atoms with Gasteiger partial charge in [-0.1, -0.05) is 25.4 Å². The number of methoxy groups -OCH3 is 1. The van der Waals surface area contributed by atoms with Crippen LogP contribution < -0.4 is 10.0 Å². The van der Waals surface area contributed by atoms with E-state index in [0.717, 1.165) is 6.07 Å². The predicted octanol–water partition coefficient (Wildman–Crippen LogP) is 1.19. The lowest BCUT2D eigenvalue weighted by Crippen LogP contribution is -2.31. The molecule has 0 fully saturated rings. The Morgan fingerprint density at radius 2 is 1.96 bits per heavy atom. The fraction of sp³-hybridized carbons (Fsp3) is 0.500. The zero-order chi connectivity index (χ0) is 19.7. The molecule has 10 heteroatoms. The number of esters is 1. The van der Waals surface area contributed by atoms with E-state index in [4.69, 9.17) is 21.1 Å². The van der Waals surface area contributed by atoms with E-state index in [-0.39, 0.29) is 34.6 Å². The lowest BCUT2D eigenvalue weighted by atomic mass is 10.2. The zero-order valence-electron chi connectivity index (χ0n) is 14.9. The summed E-state index contributed by atoms with van der Waals surface area (Å²) in [6, 6.07) is 3.65. The van der Waals surface area contributed by atoms with E-state index in [9.17, 15) is 18.0 Å². The van der Waals surface area contributed by atoms with Crippen molar-refractivity contribution in [1.29, 1.82) is 0 Å². The molecule has 0 aliphatic rings. The summed E-state index contributed by atoms with van der Waals surface area (Å²) in [5.41, 5.74) is -0.141. The van der Waals surface area contributed by atoms with Crippen molar-refractivity contribution in [2.24, 2.45) is 5.92 Å². The van der Waals surface area contributed by atoms with E-state index in [1.165, 1.54) is 19.2 Å². The molecule has 26 heavy (non-hydrogen) atoms. The summed E-state index contributed by atoms with van der Waals surface area (Å²) in [5.74, 6) is -1.08. The van der Waals surface area contributed by atoms with E-state index in [0.29, 0.717) is 6.54 Å². The van der Waals surface area contributed by atoms with E-state index >= 15 is 0 Å². The molecule has 0 atom stereocenters. The molecule has 0 heterocycles. The van der Waals surface area contributed by atoms with Gasteiger partial charge in [-0.25, -0.2) is 17.9 Å². The average Bonchev–Trinajstić information content (AvgIpc) is 2.58. The van der Waals surface area contributed by atoms with Gasteiger partial charge < -0.3 is 14.8 Å². The highest BCUT2D eigenvalue weighted by Crippen LogP contribution is 2.21. The second-order valence-electron chi connectivity index (χ2n) is 5.81. The minimum atomic E-state index is -3.83. The first-order valence-corrected chi connectivity index (χ1v) is 9.75. The molecule has 0 saturated carbocycles. The lowest BCUT2D eigenvalue weighted by molar-refractivity contribution is -0.124. The molecule has 0 aliphatic carbocycles. The van der Waals surface area contributed by atoms with Crippen LogP contribution in [0.15, 0.2) is 23.1 Å². The molecule has 0 spiro atoms. The van der Waals surface area contributed by atoms with Gasteiger partial charge in [-0.15, -0.1) is 0 Å². The summed E-state index contributed by atoms with van der Waals surface area (Å²) in [4.78, 5) is 23.6. The Balaban J connectivity index is 2.80. The number of carbonyl (C=O) groups excluding carboxylic acids is 2. The Morgan fingerprint density at radius 3 is 2.58 bits per heavy atom. The number of halogens is 1. The molecule has 0 bridgehead atoms. The van der Waals surface area contributed by atoms with Crippen molar-refractivity contribution in [3.63, 3.8) is 0 Å². The maximum absolute atomic E-state index is 12.2. The number of hydrogen-bond donors (Lipinski definition) is 2. The predicted molar refractivity (Wildman–Crippen MR) is 96.6 cm³/mol. The summed E-state index contributed by atoms with van der Waals surface area (Å²) in [5, 5.41) is 2.62. The van der Waals surface area contributed by atoms with Crippen LogP contribution in [0, 0.1) is 5.92 Å². The largest absolute Gasteiger partial charge is 0.452 e. The minimum absolute atomic E-state index is 0.0217. The van der Waals surface area contributed by atoms with Crippen molar-refractivity contribution in [3.05, 3.63) is 28.8 Å². The number of rotatable bonds is 10. The highest BCUT2D eigenvalue weighted by molar-refractivity contribution is 7.89. The van der Waals surface area contributed by atoms with Gasteiger partial charge in [0, 0.05) is 20.2 Å². The number of benzene rings is 1. The number of hydrogen-bond acceptors (Lipinski definition) is 6. The Hall–Kier alpha value is -1.68. The Labute approximate surface area is 158 Å².